The number of phosphoric ester groups is 1. The second-order valence-electron chi connectivity index (χ2n) is 18.7. The number of phosphoric acid groups is 1. The van der Waals surface area contributed by atoms with Crippen LogP contribution in [0.15, 0.2) is 134 Å². The summed E-state index contributed by atoms with van der Waals surface area (Å²) in [6.45, 7) is 4.27. The van der Waals surface area contributed by atoms with Crippen molar-refractivity contribution in [3.63, 3.8) is 0 Å². The SMILES string of the molecule is CC/C=C\C/C=C\C/C=C\C/C=C\C/C=C\CCCCCC(=O)OC(COC(=O)CCCCCCC/C=C\CCCCCC)COP(=O)(O)OCC(CO)OC(=O)CCC/C=C\C/C=C\C/C=C\C/C=C\C/C=C\CC. The zero-order valence-corrected chi connectivity index (χ0v) is 48.3. The summed E-state index contributed by atoms with van der Waals surface area (Å²) in [5.74, 6) is -1.59. The standard InChI is InChI=1S/C64H103O11P/c1-4-7-10-13-16-19-22-25-27-29-30-32-34-37-40-43-46-49-52-55-64(68)75-61(57-71-62(66)53-50-47-44-41-38-35-24-21-18-15-12-9-6-3)59-73-76(69,70)72-58-60(56-65)74-63(67)54-51-48-45-42-39-36-33-31-28-26-23-20-17-14-11-8-5-2/h7-8,10-11,16-17,19-21,24-28,30,32-33,36-37,40,42,45,60-61,65H,4-6,9,12-15,18,22-23,29,31,34-35,38-39,41,43-44,46-59H2,1-3H3,(H,69,70)/b10-7-,11-8-,19-16-,20-17-,24-21-,27-25-,28-26-,32-30-,36-33-,40-37-,45-42-. The maximum Gasteiger partial charge on any atom is 0.472 e. The number of aliphatic hydroxyl groups excluding tert-OH is 1. The highest BCUT2D eigenvalue weighted by Crippen LogP contribution is 2.43. The van der Waals surface area contributed by atoms with Gasteiger partial charge in [-0.2, -0.15) is 0 Å². The molecule has 11 nitrogen and oxygen atoms in total. The van der Waals surface area contributed by atoms with E-state index in [0.717, 1.165) is 122 Å². The van der Waals surface area contributed by atoms with Gasteiger partial charge in [0.05, 0.1) is 19.8 Å². The zero-order valence-electron chi connectivity index (χ0n) is 47.4. The van der Waals surface area contributed by atoms with Crippen LogP contribution in [0.3, 0.4) is 0 Å². The number of rotatable bonds is 52. The van der Waals surface area contributed by atoms with E-state index in [9.17, 15) is 28.9 Å². The first-order valence-corrected chi connectivity index (χ1v) is 30.6. The second kappa shape index (κ2) is 56.8. The largest absolute Gasteiger partial charge is 0.472 e. The van der Waals surface area contributed by atoms with Crippen LogP contribution in [0, 0.1) is 0 Å². The number of hydrogen-bond acceptors (Lipinski definition) is 10. The molecule has 0 aliphatic heterocycles. The number of allylic oxidation sites excluding steroid dienone is 22. The van der Waals surface area contributed by atoms with Crippen LogP contribution < -0.4 is 0 Å². The molecule has 0 fully saturated rings. The lowest BCUT2D eigenvalue weighted by atomic mass is 10.1. The van der Waals surface area contributed by atoms with Crippen LogP contribution in [-0.4, -0.2) is 66.5 Å². The lowest BCUT2D eigenvalue weighted by Gasteiger charge is -2.21. The molecule has 12 heteroatoms. The minimum Gasteiger partial charge on any atom is -0.462 e. The Morgan fingerprint density at radius 1 is 0.382 bits per heavy atom. The quantitative estimate of drug-likeness (QED) is 0.0197. The molecule has 0 rings (SSSR count). The number of unbranched alkanes of at least 4 members (excludes halogenated alkanes) is 13. The number of ether oxygens (including phenoxy) is 3. The van der Waals surface area contributed by atoms with Gasteiger partial charge in [0.15, 0.2) is 6.10 Å². The molecule has 0 aromatic carbocycles. The molecule has 3 unspecified atom stereocenters. The average Bonchev–Trinajstić information content (AvgIpc) is 3.41. The van der Waals surface area contributed by atoms with Crippen LogP contribution in [-0.2, 0) is 42.2 Å². The van der Waals surface area contributed by atoms with E-state index >= 15 is 0 Å². The molecule has 0 saturated heterocycles. The van der Waals surface area contributed by atoms with E-state index in [1.54, 1.807) is 0 Å². The van der Waals surface area contributed by atoms with Crippen molar-refractivity contribution >= 4 is 25.7 Å². The van der Waals surface area contributed by atoms with E-state index in [1.807, 2.05) is 12.2 Å². The predicted molar refractivity (Wildman–Crippen MR) is 316 cm³/mol. The van der Waals surface area contributed by atoms with Crippen molar-refractivity contribution in [1.82, 2.24) is 0 Å². The molecule has 0 aromatic rings. The third kappa shape index (κ3) is 54.4. The molecule has 430 valence electrons. The molecular weight excluding hydrogens is 976 g/mol. The van der Waals surface area contributed by atoms with Gasteiger partial charge in [0.2, 0.25) is 0 Å². The first-order valence-electron chi connectivity index (χ1n) is 29.1. The molecule has 76 heavy (non-hydrogen) atoms. The Hall–Kier alpha value is -4.38. The smallest absolute Gasteiger partial charge is 0.462 e. The molecule has 0 bridgehead atoms. The molecule has 2 N–H and O–H groups in total. The predicted octanol–water partition coefficient (Wildman–Crippen LogP) is 17.4. The van der Waals surface area contributed by atoms with Crippen LogP contribution >= 0.6 is 7.82 Å². The summed E-state index contributed by atoms with van der Waals surface area (Å²) in [6, 6.07) is 0. The summed E-state index contributed by atoms with van der Waals surface area (Å²) in [7, 11) is -4.78. The van der Waals surface area contributed by atoms with Gasteiger partial charge in [0, 0.05) is 19.3 Å². The van der Waals surface area contributed by atoms with E-state index in [-0.39, 0.29) is 25.9 Å². The van der Waals surface area contributed by atoms with Crippen LogP contribution in [0.4, 0.5) is 0 Å². The van der Waals surface area contributed by atoms with Crippen molar-refractivity contribution in [1.29, 1.82) is 0 Å². The van der Waals surface area contributed by atoms with Crippen LogP contribution in [0.1, 0.15) is 213 Å². The molecule has 3 atom stereocenters. The molecule has 0 spiro atoms. The highest BCUT2D eigenvalue weighted by Gasteiger charge is 2.28. The van der Waals surface area contributed by atoms with Gasteiger partial charge in [-0.05, 0) is 128 Å². The normalized spacial score (nSPS) is 14.3. The Bertz CT molecular complexity index is 1780. The van der Waals surface area contributed by atoms with Crippen LogP contribution in [0.25, 0.3) is 0 Å². The third-order valence-electron chi connectivity index (χ3n) is 11.5. The average molecular weight is 1080 g/mol. The lowest BCUT2D eigenvalue weighted by molar-refractivity contribution is -0.161. The second-order valence-corrected chi connectivity index (χ2v) is 20.1. The van der Waals surface area contributed by atoms with Gasteiger partial charge < -0.3 is 24.2 Å². The lowest BCUT2D eigenvalue weighted by Crippen LogP contribution is -2.30. The fourth-order valence-corrected chi connectivity index (χ4v) is 7.96. The number of esters is 3. The summed E-state index contributed by atoms with van der Waals surface area (Å²) in [5, 5.41) is 9.81. The van der Waals surface area contributed by atoms with Crippen molar-refractivity contribution in [3.8, 4) is 0 Å². The Labute approximate surface area is 461 Å². The third-order valence-corrected chi connectivity index (χ3v) is 12.5. The van der Waals surface area contributed by atoms with Crippen LogP contribution in [0.5, 0.6) is 0 Å². The highest BCUT2D eigenvalue weighted by atomic mass is 31.2. The maximum atomic E-state index is 12.9. The molecule has 0 radical (unpaired) electrons. The minimum atomic E-state index is -4.78. The Morgan fingerprint density at radius 2 is 0.697 bits per heavy atom. The summed E-state index contributed by atoms with van der Waals surface area (Å²) >= 11 is 0. The van der Waals surface area contributed by atoms with E-state index < -0.39 is 57.8 Å². The molecule has 0 aliphatic rings. The van der Waals surface area contributed by atoms with Gasteiger partial charge in [-0.3, -0.25) is 23.4 Å². The zero-order chi connectivity index (χ0) is 55.5. The monoisotopic (exact) mass is 1080 g/mol. The number of aliphatic hydroxyl groups is 1. The van der Waals surface area contributed by atoms with Crippen molar-refractivity contribution in [2.24, 2.45) is 0 Å². The van der Waals surface area contributed by atoms with Gasteiger partial charge >= 0.3 is 25.7 Å². The first-order chi connectivity index (χ1) is 37.2. The molecule has 0 aromatic heterocycles. The van der Waals surface area contributed by atoms with E-state index in [1.165, 1.54) is 25.7 Å². The molecule has 0 heterocycles. The summed E-state index contributed by atoms with van der Waals surface area (Å²) < 4.78 is 39.4. The van der Waals surface area contributed by atoms with Gasteiger partial charge in [-0.25, -0.2) is 4.57 Å². The maximum absolute atomic E-state index is 12.9. The summed E-state index contributed by atoms with van der Waals surface area (Å²) in [4.78, 5) is 48.5. The Balaban J connectivity index is 4.86. The highest BCUT2D eigenvalue weighted by molar-refractivity contribution is 7.47. The van der Waals surface area contributed by atoms with E-state index in [0.29, 0.717) is 25.7 Å². The summed E-state index contributed by atoms with van der Waals surface area (Å²) in [6.07, 6.45) is 71.3. The van der Waals surface area contributed by atoms with Crippen molar-refractivity contribution in [2.45, 2.75) is 226 Å². The van der Waals surface area contributed by atoms with Gasteiger partial charge in [0.25, 0.3) is 0 Å². The topological polar surface area (TPSA) is 155 Å². The minimum absolute atomic E-state index is 0.0886. The first kappa shape index (κ1) is 71.6. The fourth-order valence-electron chi connectivity index (χ4n) is 7.18. The molecular formula is C64H103O11P. The number of carbonyl (C=O) groups is 3. The van der Waals surface area contributed by atoms with E-state index in [4.69, 9.17) is 23.3 Å². The Morgan fingerprint density at radius 3 is 1.13 bits per heavy atom. The van der Waals surface area contributed by atoms with Gasteiger partial charge in [-0.15, -0.1) is 0 Å². The van der Waals surface area contributed by atoms with Crippen molar-refractivity contribution in [2.75, 3.05) is 26.4 Å². The van der Waals surface area contributed by atoms with Gasteiger partial charge in [-0.1, -0.05) is 199 Å². The summed E-state index contributed by atoms with van der Waals surface area (Å²) in [5.41, 5.74) is 0. The Kier molecular flexibility index (Phi) is 53.5. The van der Waals surface area contributed by atoms with Crippen molar-refractivity contribution in [3.05, 3.63) is 134 Å². The molecule has 0 amide bonds. The van der Waals surface area contributed by atoms with E-state index in [2.05, 4.69) is 142 Å². The molecule has 0 saturated carbocycles. The number of carbonyl (C=O) groups excluding carboxylic acids is 3. The fraction of sp³-hybridized carbons (Fsp3) is 0.609. The number of hydrogen-bond donors (Lipinski definition) is 2. The van der Waals surface area contributed by atoms with Gasteiger partial charge in [0.1, 0.15) is 12.7 Å². The van der Waals surface area contributed by atoms with Crippen LogP contribution in [0.2, 0.25) is 0 Å². The van der Waals surface area contributed by atoms with Crippen molar-refractivity contribution < 1.29 is 52.2 Å². The molecule has 0 aliphatic carbocycles.